The predicted octanol–water partition coefficient (Wildman–Crippen LogP) is 2.12. The van der Waals surface area contributed by atoms with Crippen molar-refractivity contribution in [2.75, 3.05) is 17.2 Å². The van der Waals surface area contributed by atoms with Crippen LogP contribution in [0.2, 0.25) is 0 Å². The van der Waals surface area contributed by atoms with Gasteiger partial charge in [0.15, 0.2) is 6.61 Å². The van der Waals surface area contributed by atoms with Gasteiger partial charge in [0, 0.05) is 37.6 Å². The van der Waals surface area contributed by atoms with Gasteiger partial charge in [0.2, 0.25) is 5.95 Å². The maximum Gasteiger partial charge on any atom is 0.303 e. The Morgan fingerprint density at radius 1 is 1.15 bits per heavy atom. The fourth-order valence-corrected chi connectivity index (χ4v) is 2.28. The summed E-state index contributed by atoms with van der Waals surface area (Å²) in [7, 11) is 1.83. The molecule has 0 radical (unpaired) electrons. The van der Waals surface area contributed by atoms with Gasteiger partial charge in [0.25, 0.3) is 5.91 Å². The molecule has 0 atom stereocenters. The Kier molecular flexibility index (Phi) is 5.41. The third kappa shape index (κ3) is 5.11. The third-order valence-corrected chi connectivity index (χ3v) is 3.49. The van der Waals surface area contributed by atoms with E-state index in [1.807, 2.05) is 25.4 Å². The number of rotatable bonds is 6. The Bertz CT molecular complexity index is 952. The van der Waals surface area contributed by atoms with E-state index in [1.165, 1.54) is 6.92 Å². The third-order valence-electron chi connectivity index (χ3n) is 3.49. The number of esters is 1. The number of carbonyl (C=O) groups excluding carboxylic acids is 2. The maximum absolute atomic E-state index is 11.7. The molecule has 0 saturated heterocycles. The van der Waals surface area contributed by atoms with Crippen LogP contribution in [0.15, 0.2) is 48.9 Å². The Hall–Kier alpha value is -3.75. The molecule has 9 heteroatoms. The van der Waals surface area contributed by atoms with E-state index >= 15 is 0 Å². The van der Waals surface area contributed by atoms with Crippen molar-refractivity contribution in [1.29, 1.82) is 0 Å². The summed E-state index contributed by atoms with van der Waals surface area (Å²) in [5.74, 6) is -0.442. The molecule has 0 fully saturated rings. The van der Waals surface area contributed by atoms with E-state index in [0.717, 1.165) is 16.9 Å². The lowest BCUT2D eigenvalue weighted by molar-refractivity contribution is -0.144. The Morgan fingerprint density at radius 2 is 1.93 bits per heavy atom. The number of carbonyl (C=O) groups is 2. The number of benzene rings is 1. The minimum atomic E-state index is -0.500. The van der Waals surface area contributed by atoms with Crippen molar-refractivity contribution in [3.63, 3.8) is 0 Å². The van der Waals surface area contributed by atoms with Gasteiger partial charge in [-0.3, -0.25) is 14.3 Å². The predicted molar refractivity (Wildman–Crippen MR) is 99.2 cm³/mol. The van der Waals surface area contributed by atoms with Crippen LogP contribution in [0.4, 0.5) is 17.3 Å². The highest BCUT2D eigenvalue weighted by atomic mass is 16.5. The van der Waals surface area contributed by atoms with Crippen LogP contribution in [-0.2, 0) is 21.4 Å². The summed E-state index contributed by atoms with van der Waals surface area (Å²) < 4.78 is 6.33. The van der Waals surface area contributed by atoms with Gasteiger partial charge in [-0.1, -0.05) is 12.1 Å². The first-order valence-corrected chi connectivity index (χ1v) is 8.12. The second kappa shape index (κ2) is 8.09. The molecule has 0 aliphatic carbocycles. The normalized spacial score (nSPS) is 10.3. The second-order valence-electron chi connectivity index (χ2n) is 5.70. The maximum atomic E-state index is 11.7. The topological polar surface area (TPSA) is 111 Å². The highest BCUT2D eigenvalue weighted by Gasteiger charge is 2.07. The van der Waals surface area contributed by atoms with Crippen LogP contribution in [0, 0.1) is 0 Å². The number of hydrogen-bond acceptors (Lipinski definition) is 7. The van der Waals surface area contributed by atoms with E-state index in [1.54, 1.807) is 35.3 Å². The minimum absolute atomic E-state index is 0.313. The van der Waals surface area contributed by atoms with Crippen molar-refractivity contribution in [3.05, 3.63) is 48.9 Å². The highest BCUT2D eigenvalue weighted by molar-refractivity contribution is 5.92. The van der Waals surface area contributed by atoms with Crippen LogP contribution in [0.3, 0.4) is 0 Å². The van der Waals surface area contributed by atoms with Crippen molar-refractivity contribution in [3.8, 4) is 11.3 Å². The second-order valence-corrected chi connectivity index (χ2v) is 5.70. The molecule has 0 unspecified atom stereocenters. The zero-order valence-electron chi connectivity index (χ0n) is 14.8. The van der Waals surface area contributed by atoms with Crippen molar-refractivity contribution >= 4 is 29.2 Å². The molecular formula is C18H18N6O3. The first-order chi connectivity index (χ1) is 13.0. The number of nitrogens with zero attached hydrogens (tertiary/aromatic N) is 4. The summed E-state index contributed by atoms with van der Waals surface area (Å²) in [6, 6.07) is 8.95. The fraction of sp³-hybridized carbons (Fsp3) is 0.167. The fourth-order valence-electron chi connectivity index (χ4n) is 2.28. The van der Waals surface area contributed by atoms with Gasteiger partial charge in [-0.2, -0.15) is 5.10 Å². The first kappa shape index (κ1) is 18.1. The van der Waals surface area contributed by atoms with Gasteiger partial charge < -0.3 is 15.4 Å². The number of nitrogens with one attached hydrogen (secondary N) is 2. The van der Waals surface area contributed by atoms with Gasteiger partial charge in [-0.05, 0) is 18.2 Å². The molecule has 9 nitrogen and oxygen atoms in total. The zero-order valence-corrected chi connectivity index (χ0v) is 14.8. The summed E-state index contributed by atoms with van der Waals surface area (Å²) in [4.78, 5) is 31.1. The summed E-state index contributed by atoms with van der Waals surface area (Å²) in [5, 5.41) is 9.83. The number of aryl methyl sites for hydroxylation is 1. The van der Waals surface area contributed by atoms with Crippen molar-refractivity contribution in [2.45, 2.75) is 6.92 Å². The highest BCUT2D eigenvalue weighted by Crippen LogP contribution is 2.21. The quantitative estimate of drug-likeness (QED) is 0.643. The van der Waals surface area contributed by atoms with Gasteiger partial charge in [0.05, 0.1) is 17.6 Å². The van der Waals surface area contributed by atoms with E-state index in [9.17, 15) is 9.59 Å². The number of ether oxygens (including phenoxy) is 1. The molecule has 3 aromatic rings. The molecule has 0 aliphatic rings. The Labute approximate surface area is 155 Å². The SMILES string of the molecule is CC(=O)OCC(=O)Nc1ccc(-c2ccnc(Nc3cnn(C)c3)n2)cc1. The molecule has 0 aliphatic heterocycles. The molecule has 2 heterocycles. The van der Waals surface area contributed by atoms with E-state index < -0.39 is 11.9 Å². The van der Waals surface area contributed by atoms with E-state index in [-0.39, 0.29) is 6.61 Å². The molecule has 0 saturated carbocycles. The standard InChI is InChI=1S/C18H18N6O3/c1-12(25)27-11-17(26)21-14-5-3-13(4-6-14)16-7-8-19-18(23-16)22-15-9-20-24(2)10-15/h3-10H,11H2,1-2H3,(H,21,26)(H,19,22,23). The van der Waals surface area contributed by atoms with E-state index in [2.05, 4.69) is 30.4 Å². The molecular weight excluding hydrogens is 348 g/mol. The minimum Gasteiger partial charge on any atom is -0.456 e. The molecule has 1 aromatic carbocycles. The van der Waals surface area contributed by atoms with Gasteiger partial charge in [-0.15, -0.1) is 0 Å². The van der Waals surface area contributed by atoms with Crippen molar-refractivity contribution < 1.29 is 14.3 Å². The van der Waals surface area contributed by atoms with Crippen LogP contribution >= 0.6 is 0 Å². The largest absolute Gasteiger partial charge is 0.456 e. The average Bonchev–Trinajstić information content (AvgIpc) is 3.05. The van der Waals surface area contributed by atoms with E-state index in [0.29, 0.717) is 11.6 Å². The summed E-state index contributed by atoms with van der Waals surface area (Å²) in [6.07, 6.45) is 5.17. The van der Waals surface area contributed by atoms with Gasteiger partial charge in [-0.25, -0.2) is 9.97 Å². The van der Waals surface area contributed by atoms with Gasteiger partial charge >= 0.3 is 5.97 Å². The lowest BCUT2D eigenvalue weighted by Crippen LogP contribution is -2.19. The summed E-state index contributed by atoms with van der Waals surface area (Å²) >= 11 is 0. The van der Waals surface area contributed by atoms with Crippen molar-refractivity contribution in [1.82, 2.24) is 19.7 Å². The molecule has 3 rings (SSSR count). The summed E-state index contributed by atoms with van der Waals surface area (Å²) in [6.45, 7) is 0.938. The molecule has 2 N–H and O–H groups in total. The molecule has 2 aromatic heterocycles. The average molecular weight is 366 g/mol. The lowest BCUT2D eigenvalue weighted by atomic mass is 10.1. The molecule has 0 bridgehead atoms. The number of amides is 1. The first-order valence-electron chi connectivity index (χ1n) is 8.12. The molecule has 27 heavy (non-hydrogen) atoms. The summed E-state index contributed by atoms with van der Waals surface area (Å²) in [5.41, 5.74) is 2.98. The number of aromatic nitrogens is 4. The number of hydrogen-bond donors (Lipinski definition) is 2. The molecule has 1 amide bonds. The van der Waals surface area contributed by atoms with Crippen LogP contribution in [0.1, 0.15) is 6.92 Å². The monoisotopic (exact) mass is 366 g/mol. The van der Waals surface area contributed by atoms with Crippen LogP contribution < -0.4 is 10.6 Å². The number of anilines is 3. The molecule has 0 spiro atoms. The lowest BCUT2D eigenvalue weighted by Gasteiger charge is -2.07. The van der Waals surface area contributed by atoms with Crippen LogP contribution in [0.5, 0.6) is 0 Å². The Balaban J connectivity index is 1.67. The van der Waals surface area contributed by atoms with Gasteiger partial charge in [0.1, 0.15) is 0 Å². The van der Waals surface area contributed by atoms with Crippen LogP contribution in [0.25, 0.3) is 11.3 Å². The zero-order chi connectivity index (χ0) is 19.2. The Morgan fingerprint density at radius 3 is 2.59 bits per heavy atom. The van der Waals surface area contributed by atoms with Crippen molar-refractivity contribution in [2.24, 2.45) is 7.05 Å². The molecule has 138 valence electrons. The smallest absolute Gasteiger partial charge is 0.303 e. The van der Waals surface area contributed by atoms with E-state index in [4.69, 9.17) is 0 Å². The van der Waals surface area contributed by atoms with Crippen LogP contribution in [-0.4, -0.2) is 38.2 Å².